The molecular formula is C14H24ClN3O4S. The van der Waals surface area contributed by atoms with Crippen molar-refractivity contribution in [2.45, 2.75) is 37.8 Å². The number of carbonyl (C=O) groups is 1. The van der Waals surface area contributed by atoms with Gasteiger partial charge in [-0.15, -0.1) is 12.4 Å². The molecule has 7 nitrogen and oxygen atoms in total. The molecule has 1 aromatic rings. The molecule has 0 aliphatic heterocycles. The summed E-state index contributed by atoms with van der Waals surface area (Å²) in [7, 11) is -2.17. The van der Waals surface area contributed by atoms with Crippen LogP contribution in [0, 0.1) is 0 Å². The van der Waals surface area contributed by atoms with Crippen LogP contribution >= 0.6 is 12.4 Å². The van der Waals surface area contributed by atoms with E-state index >= 15 is 0 Å². The maximum absolute atomic E-state index is 12.3. The lowest BCUT2D eigenvalue weighted by molar-refractivity contribution is -0.120. The molecule has 0 radical (unpaired) electrons. The lowest BCUT2D eigenvalue weighted by atomic mass is 10.2. The molecule has 0 unspecified atom stereocenters. The molecule has 0 aliphatic carbocycles. The number of nitrogens with one attached hydrogen (secondary N) is 2. The number of ether oxygens (including phenoxy) is 1. The quantitative estimate of drug-likeness (QED) is 0.630. The number of carbonyl (C=O) groups excluding carboxylic acids is 1. The van der Waals surface area contributed by atoms with Gasteiger partial charge < -0.3 is 15.8 Å². The highest BCUT2D eigenvalue weighted by Gasteiger charge is 2.18. The molecule has 0 aromatic heterocycles. The molecule has 1 aromatic carbocycles. The zero-order valence-electron chi connectivity index (χ0n) is 13.5. The van der Waals surface area contributed by atoms with Crippen molar-refractivity contribution in [3.05, 3.63) is 23.8 Å². The van der Waals surface area contributed by atoms with Crippen LogP contribution in [0.1, 0.15) is 25.8 Å². The zero-order valence-corrected chi connectivity index (χ0v) is 15.1. The van der Waals surface area contributed by atoms with Crippen LogP contribution < -0.4 is 20.5 Å². The van der Waals surface area contributed by atoms with Gasteiger partial charge in [0.15, 0.2) is 0 Å². The third-order valence-corrected chi connectivity index (χ3v) is 4.66. The van der Waals surface area contributed by atoms with Gasteiger partial charge in [-0.05, 0) is 25.1 Å². The molecule has 0 spiro atoms. The average Bonchev–Trinajstić information content (AvgIpc) is 2.51. The Labute approximate surface area is 143 Å². The van der Waals surface area contributed by atoms with Gasteiger partial charge in [-0.25, -0.2) is 13.1 Å². The molecule has 0 bridgehead atoms. The summed E-state index contributed by atoms with van der Waals surface area (Å²) >= 11 is 0. The number of amides is 1. The number of hydrogen-bond donors (Lipinski definition) is 3. The fourth-order valence-electron chi connectivity index (χ4n) is 1.76. The first kappa shape index (κ1) is 21.6. The minimum Gasteiger partial charge on any atom is -0.496 e. The summed E-state index contributed by atoms with van der Waals surface area (Å²) in [6, 6.07) is 4.14. The fourth-order valence-corrected chi connectivity index (χ4v) is 3.07. The Balaban J connectivity index is 0.00000484. The van der Waals surface area contributed by atoms with E-state index in [4.69, 9.17) is 10.5 Å². The Morgan fingerprint density at radius 3 is 2.57 bits per heavy atom. The van der Waals surface area contributed by atoms with Crippen LogP contribution in [0.5, 0.6) is 5.75 Å². The van der Waals surface area contributed by atoms with E-state index in [1.54, 1.807) is 19.9 Å². The van der Waals surface area contributed by atoms with Gasteiger partial charge in [-0.2, -0.15) is 0 Å². The van der Waals surface area contributed by atoms with Crippen LogP contribution in [0.15, 0.2) is 23.1 Å². The molecule has 0 fully saturated rings. The van der Waals surface area contributed by atoms with E-state index in [-0.39, 0.29) is 42.3 Å². The third-order valence-electron chi connectivity index (χ3n) is 3.07. The summed E-state index contributed by atoms with van der Waals surface area (Å²) in [4.78, 5) is 11.5. The van der Waals surface area contributed by atoms with Crippen LogP contribution in [0.25, 0.3) is 0 Å². The van der Waals surface area contributed by atoms with E-state index in [1.807, 2.05) is 0 Å². The van der Waals surface area contributed by atoms with Gasteiger partial charge >= 0.3 is 0 Å². The van der Waals surface area contributed by atoms with Crippen molar-refractivity contribution in [3.63, 3.8) is 0 Å². The molecule has 9 heteroatoms. The Morgan fingerprint density at radius 1 is 1.39 bits per heavy atom. The first-order valence-corrected chi connectivity index (χ1v) is 8.48. The molecular weight excluding hydrogens is 342 g/mol. The lowest BCUT2D eigenvalue weighted by Gasteiger charge is -2.15. The van der Waals surface area contributed by atoms with Gasteiger partial charge in [0.05, 0.1) is 12.0 Å². The van der Waals surface area contributed by atoms with E-state index in [0.29, 0.717) is 17.7 Å². The Bertz CT molecular complexity index is 622. The molecule has 4 N–H and O–H groups in total. The van der Waals surface area contributed by atoms with Gasteiger partial charge in [-0.3, -0.25) is 4.79 Å². The molecule has 1 rings (SSSR count). The Kier molecular flexibility index (Phi) is 9.14. The van der Waals surface area contributed by atoms with Crippen LogP contribution in [0.3, 0.4) is 0 Å². The second-order valence-corrected chi connectivity index (χ2v) is 6.58. The number of benzene rings is 1. The fraction of sp³-hybridized carbons (Fsp3) is 0.500. The highest BCUT2D eigenvalue weighted by Crippen LogP contribution is 2.22. The molecule has 0 saturated heterocycles. The normalized spacial score (nSPS) is 12.2. The molecule has 0 aliphatic rings. The number of halogens is 1. The summed E-state index contributed by atoms with van der Waals surface area (Å²) < 4.78 is 32.2. The van der Waals surface area contributed by atoms with Gasteiger partial charge in [0.2, 0.25) is 15.9 Å². The maximum Gasteiger partial charge on any atom is 0.240 e. The minimum atomic E-state index is -3.66. The lowest BCUT2D eigenvalue weighted by Crippen LogP contribution is -2.37. The maximum atomic E-state index is 12.3. The van der Waals surface area contributed by atoms with Crippen molar-refractivity contribution in [1.29, 1.82) is 0 Å². The highest BCUT2D eigenvalue weighted by atomic mass is 35.5. The zero-order chi connectivity index (χ0) is 16.8. The molecule has 0 heterocycles. The van der Waals surface area contributed by atoms with Crippen molar-refractivity contribution in [2.24, 2.45) is 5.73 Å². The number of sulfonamides is 1. The van der Waals surface area contributed by atoms with E-state index in [1.165, 1.54) is 19.2 Å². The predicted octanol–water partition coefficient (Wildman–Crippen LogP) is 0.769. The van der Waals surface area contributed by atoms with Crippen LogP contribution in [0.4, 0.5) is 0 Å². The van der Waals surface area contributed by atoms with Gasteiger partial charge in [-0.1, -0.05) is 6.92 Å². The summed E-state index contributed by atoms with van der Waals surface area (Å²) in [5, 5.41) is 2.70. The highest BCUT2D eigenvalue weighted by molar-refractivity contribution is 7.89. The standard InChI is InChI=1S/C14H23N3O4S.ClH/c1-4-14(18)16-9-11-7-12(5-6-13(11)21-3)22(19,20)17-10(2)8-15;/h5-7,10,17H,4,8-9,15H2,1-3H3,(H,16,18);1H/t10-;/m0./s1. The SMILES string of the molecule is CCC(=O)NCc1cc(S(=O)(=O)N[C@@H](C)CN)ccc1OC.Cl. The first-order valence-electron chi connectivity index (χ1n) is 7.00. The van der Waals surface area contributed by atoms with Crippen molar-refractivity contribution >= 4 is 28.3 Å². The van der Waals surface area contributed by atoms with Crippen molar-refractivity contribution in [1.82, 2.24) is 10.0 Å². The van der Waals surface area contributed by atoms with E-state index in [2.05, 4.69) is 10.0 Å². The number of rotatable bonds is 8. The molecule has 0 saturated carbocycles. The number of hydrogen-bond acceptors (Lipinski definition) is 5. The second kappa shape index (κ2) is 9.71. The molecule has 132 valence electrons. The first-order chi connectivity index (χ1) is 10.3. The van der Waals surface area contributed by atoms with Gasteiger partial charge in [0.25, 0.3) is 0 Å². The van der Waals surface area contributed by atoms with Crippen molar-refractivity contribution < 1.29 is 17.9 Å². The third kappa shape index (κ3) is 6.34. The van der Waals surface area contributed by atoms with E-state index < -0.39 is 10.0 Å². The monoisotopic (exact) mass is 365 g/mol. The van der Waals surface area contributed by atoms with Crippen LogP contribution in [-0.2, 0) is 21.4 Å². The van der Waals surface area contributed by atoms with E-state index in [0.717, 1.165) is 0 Å². The van der Waals surface area contributed by atoms with Gasteiger partial charge in [0.1, 0.15) is 5.75 Å². The summed E-state index contributed by atoms with van der Waals surface area (Å²) in [5.74, 6) is 0.396. The summed E-state index contributed by atoms with van der Waals surface area (Å²) in [6.07, 6.45) is 0.357. The van der Waals surface area contributed by atoms with Crippen molar-refractivity contribution in [3.8, 4) is 5.75 Å². The summed E-state index contributed by atoms with van der Waals surface area (Å²) in [5.41, 5.74) is 6.03. The van der Waals surface area contributed by atoms with Crippen LogP contribution in [-0.4, -0.2) is 34.0 Å². The number of nitrogens with two attached hydrogens (primary N) is 1. The topological polar surface area (TPSA) is 111 Å². The van der Waals surface area contributed by atoms with Gasteiger partial charge in [0, 0.05) is 31.1 Å². The van der Waals surface area contributed by atoms with E-state index in [9.17, 15) is 13.2 Å². The smallest absolute Gasteiger partial charge is 0.240 e. The molecule has 1 atom stereocenters. The second-order valence-electron chi connectivity index (χ2n) is 4.86. The number of methoxy groups -OCH3 is 1. The Hall–Kier alpha value is -1.35. The molecule has 23 heavy (non-hydrogen) atoms. The Morgan fingerprint density at radius 2 is 2.04 bits per heavy atom. The van der Waals surface area contributed by atoms with Crippen LogP contribution in [0.2, 0.25) is 0 Å². The minimum absolute atomic E-state index is 0. The largest absolute Gasteiger partial charge is 0.496 e. The molecule has 1 amide bonds. The summed E-state index contributed by atoms with van der Waals surface area (Å²) in [6.45, 7) is 3.83. The predicted molar refractivity (Wildman–Crippen MR) is 91.2 cm³/mol. The average molecular weight is 366 g/mol. The van der Waals surface area contributed by atoms with Crippen molar-refractivity contribution in [2.75, 3.05) is 13.7 Å².